The highest BCUT2D eigenvalue weighted by Gasteiger charge is 2.36. The molecule has 1 saturated carbocycles. The van der Waals surface area contributed by atoms with Crippen LogP contribution in [-0.2, 0) is 22.6 Å². The number of aryl methyl sites for hydroxylation is 1. The molecule has 0 spiro atoms. The molecular formula is C22H28N4O4. The average Bonchev–Trinajstić information content (AvgIpc) is 3.17. The molecule has 1 aromatic carbocycles. The molecule has 3 rings (SSSR count). The number of aliphatic carboxylic acids is 1. The number of nitrogens with one attached hydrogen (secondary N) is 2. The van der Waals surface area contributed by atoms with E-state index in [-0.39, 0.29) is 17.5 Å². The lowest BCUT2D eigenvalue weighted by atomic mass is 9.78. The molecule has 8 nitrogen and oxygen atoms in total. The highest BCUT2D eigenvalue weighted by Crippen LogP contribution is 2.31. The summed E-state index contributed by atoms with van der Waals surface area (Å²) in [5, 5.41) is 19.3. The van der Waals surface area contributed by atoms with Crippen LogP contribution in [0.1, 0.15) is 48.7 Å². The molecule has 1 heterocycles. The van der Waals surface area contributed by atoms with Gasteiger partial charge < -0.3 is 15.7 Å². The fraction of sp³-hybridized carbons (Fsp3) is 0.455. The standard InChI is InChI=1S/C22H28N4O4/c1-2-26-14-18(24-20(27)16-10-6-7-11-17(16)22(29)30)19(25-26)21(28)23-13-12-15-8-4-3-5-9-15/h3-5,8-9,14,16-17H,2,6-7,10-13H2,1H3,(H,23,28)(H,24,27)(H,29,30)/t16-,17+/m1/s1. The molecule has 0 saturated heterocycles. The maximum absolute atomic E-state index is 12.8. The van der Waals surface area contributed by atoms with E-state index in [1.807, 2.05) is 37.3 Å². The van der Waals surface area contributed by atoms with E-state index in [0.717, 1.165) is 18.4 Å². The molecule has 0 aliphatic heterocycles. The molecule has 8 heteroatoms. The van der Waals surface area contributed by atoms with E-state index in [1.165, 1.54) is 0 Å². The van der Waals surface area contributed by atoms with Gasteiger partial charge in [0.05, 0.1) is 17.5 Å². The Bertz CT molecular complexity index is 894. The molecule has 0 radical (unpaired) electrons. The zero-order chi connectivity index (χ0) is 21.5. The largest absolute Gasteiger partial charge is 0.481 e. The van der Waals surface area contributed by atoms with E-state index in [9.17, 15) is 19.5 Å². The van der Waals surface area contributed by atoms with Gasteiger partial charge in [-0.2, -0.15) is 5.10 Å². The van der Waals surface area contributed by atoms with Gasteiger partial charge in [0.25, 0.3) is 5.91 Å². The highest BCUT2D eigenvalue weighted by atomic mass is 16.4. The fourth-order valence-electron chi connectivity index (χ4n) is 3.86. The number of carbonyl (C=O) groups excluding carboxylic acids is 2. The Morgan fingerprint density at radius 3 is 2.50 bits per heavy atom. The predicted molar refractivity (Wildman–Crippen MR) is 112 cm³/mol. The molecule has 1 fully saturated rings. The molecule has 2 amide bonds. The third-order valence-electron chi connectivity index (χ3n) is 5.52. The SMILES string of the molecule is CCn1cc(NC(=O)[C@@H]2CCCC[C@@H]2C(=O)O)c(C(=O)NCCc2ccccc2)n1. The third kappa shape index (κ3) is 5.25. The van der Waals surface area contributed by atoms with E-state index >= 15 is 0 Å². The molecule has 2 atom stereocenters. The summed E-state index contributed by atoms with van der Waals surface area (Å²) in [6, 6.07) is 9.82. The summed E-state index contributed by atoms with van der Waals surface area (Å²) in [7, 11) is 0. The Morgan fingerprint density at radius 1 is 1.13 bits per heavy atom. The number of benzene rings is 1. The molecule has 1 aromatic heterocycles. The summed E-state index contributed by atoms with van der Waals surface area (Å²) >= 11 is 0. The van der Waals surface area contributed by atoms with Gasteiger partial charge in [0.1, 0.15) is 0 Å². The van der Waals surface area contributed by atoms with Gasteiger partial charge in [-0.25, -0.2) is 0 Å². The van der Waals surface area contributed by atoms with Crippen LogP contribution in [0.2, 0.25) is 0 Å². The van der Waals surface area contributed by atoms with Crippen LogP contribution >= 0.6 is 0 Å². The lowest BCUT2D eigenvalue weighted by Gasteiger charge is -2.27. The van der Waals surface area contributed by atoms with E-state index in [2.05, 4.69) is 15.7 Å². The number of nitrogens with zero attached hydrogens (tertiary/aromatic N) is 2. The normalized spacial score (nSPS) is 18.6. The van der Waals surface area contributed by atoms with Gasteiger partial charge in [0, 0.05) is 19.3 Å². The minimum absolute atomic E-state index is 0.140. The summed E-state index contributed by atoms with van der Waals surface area (Å²) in [6.45, 7) is 2.87. The fourth-order valence-corrected chi connectivity index (χ4v) is 3.86. The summed E-state index contributed by atoms with van der Waals surface area (Å²) in [5.74, 6) is -2.97. The van der Waals surface area contributed by atoms with Crippen molar-refractivity contribution in [2.45, 2.75) is 45.6 Å². The van der Waals surface area contributed by atoms with Crippen LogP contribution in [-0.4, -0.2) is 39.2 Å². The maximum Gasteiger partial charge on any atom is 0.307 e. The Labute approximate surface area is 175 Å². The van der Waals surface area contributed by atoms with Crippen LogP contribution in [0.5, 0.6) is 0 Å². The number of hydrogen-bond donors (Lipinski definition) is 3. The Balaban J connectivity index is 1.67. The molecule has 0 bridgehead atoms. The summed E-state index contributed by atoms with van der Waals surface area (Å²) in [5.41, 5.74) is 1.57. The van der Waals surface area contributed by atoms with Crippen molar-refractivity contribution in [3.8, 4) is 0 Å². The van der Waals surface area contributed by atoms with Crippen molar-refractivity contribution < 1.29 is 19.5 Å². The van der Waals surface area contributed by atoms with Crippen LogP contribution in [0.3, 0.4) is 0 Å². The first kappa shape index (κ1) is 21.5. The zero-order valence-electron chi connectivity index (χ0n) is 17.1. The molecular weight excluding hydrogens is 384 g/mol. The Hall–Kier alpha value is -3.16. The van der Waals surface area contributed by atoms with Gasteiger partial charge >= 0.3 is 5.97 Å². The summed E-state index contributed by atoms with van der Waals surface area (Å²) in [4.78, 5) is 37.0. The van der Waals surface area contributed by atoms with Gasteiger partial charge in [-0.3, -0.25) is 19.1 Å². The smallest absolute Gasteiger partial charge is 0.307 e. The first-order valence-corrected chi connectivity index (χ1v) is 10.4. The molecule has 2 aromatic rings. The predicted octanol–water partition coefficient (Wildman–Crippen LogP) is 2.71. The van der Waals surface area contributed by atoms with Crippen LogP contribution in [0.4, 0.5) is 5.69 Å². The van der Waals surface area contributed by atoms with Crippen molar-refractivity contribution >= 4 is 23.5 Å². The van der Waals surface area contributed by atoms with Gasteiger partial charge in [0.2, 0.25) is 5.91 Å². The van der Waals surface area contributed by atoms with E-state index in [4.69, 9.17) is 0 Å². The maximum atomic E-state index is 12.8. The first-order valence-electron chi connectivity index (χ1n) is 10.4. The van der Waals surface area contributed by atoms with E-state index < -0.39 is 17.8 Å². The van der Waals surface area contributed by atoms with Crippen molar-refractivity contribution in [2.75, 3.05) is 11.9 Å². The minimum atomic E-state index is -0.946. The summed E-state index contributed by atoms with van der Waals surface area (Å²) < 4.78 is 1.58. The number of carbonyl (C=O) groups is 3. The van der Waals surface area contributed by atoms with Crippen molar-refractivity contribution in [2.24, 2.45) is 11.8 Å². The first-order chi connectivity index (χ1) is 14.5. The lowest BCUT2D eigenvalue weighted by molar-refractivity contribution is -0.147. The number of rotatable bonds is 8. The lowest BCUT2D eigenvalue weighted by Crippen LogP contribution is -2.36. The number of aromatic nitrogens is 2. The average molecular weight is 412 g/mol. The van der Waals surface area contributed by atoms with Crippen LogP contribution in [0, 0.1) is 11.8 Å². The van der Waals surface area contributed by atoms with Gasteiger partial charge in [-0.05, 0) is 31.7 Å². The summed E-state index contributed by atoms with van der Waals surface area (Å²) in [6.07, 6.45) is 4.96. The van der Waals surface area contributed by atoms with Crippen LogP contribution < -0.4 is 10.6 Å². The van der Waals surface area contributed by atoms with Crippen molar-refractivity contribution in [1.82, 2.24) is 15.1 Å². The molecule has 0 unspecified atom stereocenters. The number of carboxylic acids is 1. The quantitative estimate of drug-likeness (QED) is 0.617. The number of anilines is 1. The molecule has 1 aliphatic carbocycles. The molecule has 3 N–H and O–H groups in total. The van der Waals surface area contributed by atoms with Crippen molar-refractivity contribution in [3.63, 3.8) is 0 Å². The monoisotopic (exact) mass is 412 g/mol. The van der Waals surface area contributed by atoms with Crippen LogP contribution in [0.15, 0.2) is 36.5 Å². The molecule has 160 valence electrons. The second-order valence-electron chi connectivity index (χ2n) is 7.56. The number of hydrogen-bond acceptors (Lipinski definition) is 4. The second kappa shape index (κ2) is 10.0. The van der Waals surface area contributed by atoms with Gasteiger partial charge in [0.15, 0.2) is 5.69 Å². The topological polar surface area (TPSA) is 113 Å². The molecule has 30 heavy (non-hydrogen) atoms. The third-order valence-corrected chi connectivity index (χ3v) is 5.52. The van der Waals surface area contributed by atoms with E-state index in [1.54, 1.807) is 10.9 Å². The number of amides is 2. The van der Waals surface area contributed by atoms with Gasteiger partial charge in [-0.15, -0.1) is 0 Å². The Morgan fingerprint density at radius 2 is 1.83 bits per heavy atom. The minimum Gasteiger partial charge on any atom is -0.481 e. The zero-order valence-corrected chi connectivity index (χ0v) is 17.1. The van der Waals surface area contributed by atoms with Crippen molar-refractivity contribution in [3.05, 3.63) is 47.8 Å². The van der Waals surface area contributed by atoms with Crippen LogP contribution in [0.25, 0.3) is 0 Å². The highest BCUT2D eigenvalue weighted by molar-refractivity contribution is 6.03. The second-order valence-corrected chi connectivity index (χ2v) is 7.56. The Kier molecular flexibility index (Phi) is 7.21. The van der Waals surface area contributed by atoms with Gasteiger partial charge in [-0.1, -0.05) is 43.2 Å². The molecule has 1 aliphatic rings. The van der Waals surface area contributed by atoms with E-state index in [0.29, 0.717) is 38.0 Å². The van der Waals surface area contributed by atoms with Crippen molar-refractivity contribution in [1.29, 1.82) is 0 Å². The number of carboxylic acid groups (broad SMARTS) is 1.